The van der Waals surface area contributed by atoms with Gasteiger partial charge in [-0.3, -0.25) is 9.69 Å². The predicted molar refractivity (Wildman–Crippen MR) is 111 cm³/mol. The van der Waals surface area contributed by atoms with Crippen molar-refractivity contribution in [3.05, 3.63) is 65.0 Å². The van der Waals surface area contributed by atoms with Crippen LogP contribution in [0.2, 0.25) is 5.02 Å². The second-order valence-electron chi connectivity index (χ2n) is 7.01. The van der Waals surface area contributed by atoms with Crippen LogP contribution < -0.4 is 4.90 Å². The molecule has 0 fully saturated rings. The Balaban J connectivity index is 1.39. The molecule has 1 atom stereocenters. The largest absolute Gasteiger partial charge is 0.467 e. The number of rotatable bonds is 6. The van der Waals surface area contributed by atoms with E-state index in [1.807, 2.05) is 36.4 Å². The van der Waals surface area contributed by atoms with Crippen molar-refractivity contribution in [2.24, 2.45) is 0 Å². The first kappa shape index (κ1) is 20.1. The smallest absolute Gasteiger partial charge is 0.329 e. The fraction of sp³-hybridized carbons (Fsp3) is 0.273. The van der Waals surface area contributed by atoms with Crippen LogP contribution in [0.25, 0.3) is 11.4 Å². The van der Waals surface area contributed by atoms with Crippen LogP contribution >= 0.6 is 11.6 Å². The average Bonchev–Trinajstić information content (AvgIpc) is 3.38. The van der Waals surface area contributed by atoms with E-state index in [1.165, 1.54) is 7.11 Å². The number of amides is 1. The maximum Gasteiger partial charge on any atom is 0.329 e. The molecule has 3 aromatic rings. The summed E-state index contributed by atoms with van der Waals surface area (Å²) >= 11 is 5.90. The number of aromatic nitrogens is 2. The summed E-state index contributed by atoms with van der Waals surface area (Å²) in [6.45, 7) is 0. The van der Waals surface area contributed by atoms with Crippen molar-refractivity contribution in [1.82, 2.24) is 10.1 Å². The number of para-hydroxylation sites is 1. The third-order valence-corrected chi connectivity index (χ3v) is 5.32. The molecule has 7 nitrogen and oxygen atoms in total. The number of fused-ring (bicyclic) bond motifs is 1. The highest BCUT2D eigenvalue weighted by atomic mass is 35.5. The van der Waals surface area contributed by atoms with Crippen molar-refractivity contribution in [2.45, 2.75) is 31.7 Å². The summed E-state index contributed by atoms with van der Waals surface area (Å²) in [5.74, 6) is 0.392. The van der Waals surface area contributed by atoms with E-state index in [-0.39, 0.29) is 12.3 Å². The van der Waals surface area contributed by atoms with Gasteiger partial charge in [0, 0.05) is 35.5 Å². The molecule has 0 radical (unpaired) electrons. The lowest BCUT2D eigenvalue weighted by Crippen LogP contribution is -2.43. The fourth-order valence-corrected chi connectivity index (χ4v) is 3.73. The third kappa shape index (κ3) is 4.07. The number of benzene rings is 2. The zero-order chi connectivity index (χ0) is 21.1. The SMILES string of the molecule is COC(=O)C1Cc2ccccc2N1C(=O)CCCc1nc(-c2ccc(Cl)cc2)no1. The van der Waals surface area contributed by atoms with E-state index in [1.54, 1.807) is 17.0 Å². The highest BCUT2D eigenvalue weighted by Gasteiger charge is 2.38. The Morgan fingerprint density at radius 1 is 1.20 bits per heavy atom. The number of esters is 1. The van der Waals surface area contributed by atoms with E-state index in [4.69, 9.17) is 20.9 Å². The number of carbonyl (C=O) groups excluding carboxylic acids is 2. The van der Waals surface area contributed by atoms with Gasteiger partial charge in [-0.1, -0.05) is 35.0 Å². The lowest BCUT2D eigenvalue weighted by atomic mass is 10.1. The minimum absolute atomic E-state index is 0.132. The van der Waals surface area contributed by atoms with Crippen LogP contribution in [0.3, 0.4) is 0 Å². The molecule has 1 aromatic heterocycles. The van der Waals surface area contributed by atoms with Crippen LogP contribution in [0.1, 0.15) is 24.3 Å². The first-order chi connectivity index (χ1) is 14.6. The first-order valence-corrected chi connectivity index (χ1v) is 10.0. The number of carbonyl (C=O) groups is 2. The minimum Gasteiger partial charge on any atom is -0.467 e. The number of anilines is 1. The molecule has 0 N–H and O–H groups in total. The van der Waals surface area contributed by atoms with Gasteiger partial charge in [0.1, 0.15) is 6.04 Å². The highest BCUT2D eigenvalue weighted by Crippen LogP contribution is 2.33. The summed E-state index contributed by atoms with van der Waals surface area (Å²) in [7, 11) is 1.34. The molecule has 0 saturated carbocycles. The van der Waals surface area contributed by atoms with Gasteiger partial charge in [0.15, 0.2) is 0 Å². The Labute approximate surface area is 178 Å². The summed E-state index contributed by atoms with van der Waals surface area (Å²) in [5.41, 5.74) is 2.53. The van der Waals surface area contributed by atoms with Crippen LogP contribution in [0.15, 0.2) is 53.1 Å². The molecule has 0 aliphatic carbocycles. The number of ether oxygens (including phenoxy) is 1. The number of halogens is 1. The number of hydrogen-bond donors (Lipinski definition) is 0. The molecule has 2 aromatic carbocycles. The monoisotopic (exact) mass is 425 g/mol. The van der Waals surface area contributed by atoms with Crippen molar-refractivity contribution in [1.29, 1.82) is 0 Å². The van der Waals surface area contributed by atoms with E-state index >= 15 is 0 Å². The average molecular weight is 426 g/mol. The van der Waals surface area contributed by atoms with Crippen molar-refractivity contribution in [2.75, 3.05) is 12.0 Å². The lowest BCUT2D eigenvalue weighted by Gasteiger charge is -2.23. The van der Waals surface area contributed by atoms with Gasteiger partial charge in [-0.05, 0) is 42.3 Å². The van der Waals surface area contributed by atoms with Crippen molar-refractivity contribution < 1.29 is 18.8 Å². The summed E-state index contributed by atoms with van der Waals surface area (Å²) in [4.78, 5) is 31.0. The minimum atomic E-state index is -0.625. The van der Waals surface area contributed by atoms with Crippen molar-refractivity contribution in [3.8, 4) is 11.4 Å². The van der Waals surface area contributed by atoms with Gasteiger partial charge in [0.2, 0.25) is 17.6 Å². The maximum atomic E-state index is 12.9. The molecule has 1 aliphatic heterocycles. The molecule has 1 amide bonds. The van der Waals surface area contributed by atoms with Crippen LogP contribution in [0.4, 0.5) is 5.69 Å². The molecule has 0 spiro atoms. The van der Waals surface area contributed by atoms with Crippen molar-refractivity contribution in [3.63, 3.8) is 0 Å². The quantitative estimate of drug-likeness (QED) is 0.558. The predicted octanol–water partition coefficient (Wildman–Crippen LogP) is 3.84. The van der Waals surface area contributed by atoms with Gasteiger partial charge in [0.25, 0.3) is 0 Å². The van der Waals surface area contributed by atoms with E-state index in [0.29, 0.717) is 36.0 Å². The Hall–Kier alpha value is -3.19. The molecular weight excluding hydrogens is 406 g/mol. The highest BCUT2D eigenvalue weighted by molar-refractivity contribution is 6.30. The molecule has 2 heterocycles. The van der Waals surface area contributed by atoms with Crippen LogP contribution in [0, 0.1) is 0 Å². The first-order valence-electron chi connectivity index (χ1n) is 9.63. The lowest BCUT2D eigenvalue weighted by molar-refractivity contribution is -0.143. The van der Waals surface area contributed by atoms with E-state index < -0.39 is 12.0 Å². The van der Waals surface area contributed by atoms with E-state index in [9.17, 15) is 9.59 Å². The second-order valence-corrected chi connectivity index (χ2v) is 7.44. The zero-order valence-corrected chi connectivity index (χ0v) is 17.1. The van der Waals surface area contributed by atoms with Gasteiger partial charge in [-0.2, -0.15) is 4.98 Å². The summed E-state index contributed by atoms with van der Waals surface area (Å²) < 4.78 is 10.2. The Bertz CT molecular complexity index is 1060. The molecule has 0 saturated heterocycles. The molecule has 30 heavy (non-hydrogen) atoms. The van der Waals surface area contributed by atoms with Gasteiger partial charge in [-0.15, -0.1) is 0 Å². The molecule has 1 aliphatic rings. The Morgan fingerprint density at radius 2 is 1.97 bits per heavy atom. The standard InChI is InChI=1S/C22H20ClN3O4/c1-29-22(28)18-13-15-5-2-3-6-17(15)26(18)20(27)8-4-7-19-24-21(25-30-19)14-9-11-16(23)12-10-14/h2-3,5-6,9-12,18H,4,7-8,13H2,1H3. The zero-order valence-electron chi connectivity index (χ0n) is 16.4. The third-order valence-electron chi connectivity index (χ3n) is 5.07. The maximum absolute atomic E-state index is 12.9. The molecular formula is C22H20ClN3O4. The Morgan fingerprint density at radius 3 is 2.73 bits per heavy atom. The van der Waals surface area contributed by atoms with Crippen LogP contribution in [-0.4, -0.2) is 35.2 Å². The van der Waals surface area contributed by atoms with Gasteiger partial charge in [-0.25, -0.2) is 4.79 Å². The Kier molecular flexibility index (Phi) is 5.81. The molecule has 8 heteroatoms. The number of aryl methyl sites for hydroxylation is 1. The normalized spacial score (nSPS) is 15.1. The molecule has 4 rings (SSSR count). The van der Waals surface area contributed by atoms with Crippen LogP contribution in [-0.2, 0) is 27.2 Å². The molecule has 1 unspecified atom stereocenters. The summed E-state index contributed by atoms with van der Waals surface area (Å²) in [5, 5.41) is 4.62. The van der Waals surface area contributed by atoms with E-state index in [2.05, 4.69) is 10.1 Å². The summed E-state index contributed by atoms with van der Waals surface area (Å²) in [6, 6.07) is 14.1. The topological polar surface area (TPSA) is 85.5 Å². The van der Waals surface area contributed by atoms with Gasteiger partial charge in [0.05, 0.1) is 7.11 Å². The van der Waals surface area contributed by atoms with Crippen LogP contribution in [0.5, 0.6) is 0 Å². The van der Waals surface area contributed by atoms with Crippen molar-refractivity contribution >= 4 is 29.2 Å². The summed E-state index contributed by atoms with van der Waals surface area (Å²) in [6.07, 6.45) is 1.70. The van der Waals surface area contributed by atoms with Gasteiger partial charge < -0.3 is 9.26 Å². The van der Waals surface area contributed by atoms with Gasteiger partial charge >= 0.3 is 5.97 Å². The van der Waals surface area contributed by atoms with E-state index in [0.717, 1.165) is 16.8 Å². The molecule has 0 bridgehead atoms. The molecule has 154 valence electrons. The number of hydrogen-bond acceptors (Lipinski definition) is 6. The number of methoxy groups -OCH3 is 1. The number of nitrogens with zero attached hydrogens (tertiary/aromatic N) is 3. The second kappa shape index (κ2) is 8.67. The fourth-order valence-electron chi connectivity index (χ4n) is 3.60.